The van der Waals surface area contributed by atoms with Crippen LogP contribution in [-0.2, 0) is 4.79 Å². The summed E-state index contributed by atoms with van der Waals surface area (Å²) in [6, 6.07) is 0. The standard InChI is InChI=1S/C10H15N3OS.ClH/c1-7-5-15-9(12-7)13-8(14)10(2)3-4-11-6-10;/h5,11H,3-4,6H2,1-2H3,(H,12,13,14);1H. The Morgan fingerprint density at radius 1 is 1.69 bits per heavy atom. The number of thiazole rings is 1. The lowest BCUT2D eigenvalue weighted by Crippen LogP contribution is -2.35. The number of halogens is 1. The molecule has 2 rings (SSSR count). The fourth-order valence-electron chi connectivity index (χ4n) is 1.67. The Morgan fingerprint density at radius 2 is 2.44 bits per heavy atom. The Kier molecular flexibility index (Phi) is 4.29. The minimum absolute atomic E-state index is 0. The maximum absolute atomic E-state index is 12.0. The van der Waals surface area contributed by atoms with Gasteiger partial charge in [-0.15, -0.1) is 23.7 Å². The highest BCUT2D eigenvalue weighted by molar-refractivity contribution is 7.13. The molecule has 1 atom stereocenters. The van der Waals surface area contributed by atoms with Gasteiger partial charge in [0.25, 0.3) is 0 Å². The summed E-state index contributed by atoms with van der Waals surface area (Å²) in [4.78, 5) is 16.2. The minimum Gasteiger partial charge on any atom is -0.316 e. The zero-order valence-electron chi connectivity index (χ0n) is 9.37. The predicted octanol–water partition coefficient (Wildman–Crippen LogP) is 1.81. The summed E-state index contributed by atoms with van der Waals surface area (Å²) in [6.45, 7) is 5.58. The third-order valence-corrected chi connectivity index (χ3v) is 3.63. The first-order chi connectivity index (χ1) is 7.10. The topological polar surface area (TPSA) is 54.0 Å². The van der Waals surface area contributed by atoms with Crippen molar-refractivity contribution in [3.63, 3.8) is 0 Å². The molecule has 6 heteroatoms. The number of nitrogens with zero attached hydrogens (tertiary/aromatic N) is 1. The molecule has 1 aromatic heterocycles. The third-order valence-electron chi connectivity index (χ3n) is 2.76. The number of anilines is 1. The van der Waals surface area contributed by atoms with E-state index in [1.807, 2.05) is 19.2 Å². The van der Waals surface area contributed by atoms with Crippen molar-refractivity contribution in [1.82, 2.24) is 10.3 Å². The first kappa shape index (κ1) is 13.4. The Balaban J connectivity index is 0.00000128. The van der Waals surface area contributed by atoms with Crippen LogP contribution >= 0.6 is 23.7 Å². The Labute approximate surface area is 105 Å². The third kappa shape index (κ3) is 2.72. The largest absolute Gasteiger partial charge is 0.316 e. The van der Waals surface area contributed by atoms with Gasteiger partial charge in [-0.1, -0.05) is 0 Å². The molecular formula is C10H16ClN3OS. The molecule has 1 aliphatic heterocycles. The lowest BCUT2D eigenvalue weighted by Gasteiger charge is -2.20. The van der Waals surface area contributed by atoms with Crippen LogP contribution in [0.2, 0.25) is 0 Å². The zero-order valence-corrected chi connectivity index (χ0v) is 11.0. The van der Waals surface area contributed by atoms with E-state index in [0.29, 0.717) is 5.13 Å². The molecule has 0 aromatic carbocycles. The van der Waals surface area contributed by atoms with Gasteiger partial charge in [0.1, 0.15) is 0 Å². The average molecular weight is 262 g/mol. The number of aryl methyl sites for hydroxylation is 1. The number of nitrogens with one attached hydrogen (secondary N) is 2. The van der Waals surface area contributed by atoms with E-state index in [-0.39, 0.29) is 23.7 Å². The maximum Gasteiger partial charge on any atom is 0.233 e. The van der Waals surface area contributed by atoms with Gasteiger partial charge in [-0.05, 0) is 26.8 Å². The van der Waals surface area contributed by atoms with Gasteiger partial charge in [-0.25, -0.2) is 4.98 Å². The molecule has 0 spiro atoms. The number of rotatable bonds is 2. The van der Waals surface area contributed by atoms with Crippen LogP contribution in [0.4, 0.5) is 5.13 Å². The lowest BCUT2D eigenvalue weighted by atomic mass is 9.89. The van der Waals surface area contributed by atoms with E-state index in [9.17, 15) is 4.79 Å². The SMILES string of the molecule is Cc1csc(NC(=O)C2(C)CCNC2)n1.Cl. The summed E-state index contributed by atoms with van der Waals surface area (Å²) in [5.74, 6) is 0.0712. The van der Waals surface area contributed by atoms with Crippen LogP contribution in [0.3, 0.4) is 0 Å². The van der Waals surface area contributed by atoms with Crippen molar-refractivity contribution < 1.29 is 4.79 Å². The smallest absolute Gasteiger partial charge is 0.233 e. The van der Waals surface area contributed by atoms with Crippen LogP contribution in [-0.4, -0.2) is 24.0 Å². The van der Waals surface area contributed by atoms with E-state index < -0.39 is 0 Å². The minimum atomic E-state index is -0.278. The average Bonchev–Trinajstić information content (AvgIpc) is 2.76. The van der Waals surface area contributed by atoms with E-state index in [1.54, 1.807) is 0 Å². The number of aromatic nitrogens is 1. The van der Waals surface area contributed by atoms with Crippen LogP contribution in [0, 0.1) is 12.3 Å². The van der Waals surface area contributed by atoms with Gasteiger partial charge in [0.2, 0.25) is 5.91 Å². The van der Waals surface area contributed by atoms with Crippen molar-refractivity contribution >= 4 is 34.8 Å². The van der Waals surface area contributed by atoms with Crippen molar-refractivity contribution in [1.29, 1.82) is 0 Å². The molecule has 2 heterocycles. The molecule has 0 bridgehead atoms. The van der Waals surface area contributed by atoms with E-state index >= 15 is 0 Å². The zero-order chi connectivity index (χ0) is 10.9. The quantitative estimate of drug-likeness (QED) is 0.854. The highest BCUT2D eigenvalue weighted by Crippen LogP contribution is 2.27. The van der Waals surface area contributed by atoms with Crippen molar-refractivity contribution in [2.45, 2.75) is 20.3 Å². The van der Waals surface area contributed by atoms with E-state index in [0.717, 1.165) is 25.2 Å². The van der Waals surface area contributed by atoms with Crippen LogP contribution < -0.4 is 10.6 Å². The van der Waals surface area contributed by atoms with Crippen molar-refractivity contribution in [3.05, 3.63) is 11.1 Å². The van der Waals surface area contributed by atoms with Crippen LogP contribution in [0.25, 0.3) is 0 Å². The second-order valence-corrected chi connectivity index (χ2v) is 5.09. The monoisotopic (exact) mass is 261 g/mol. The van der Waals surface area contributed by atoms with Crippen molar-refractivity contribution in [2.75, 3.05) is 18.4 Å². The molecule has 90 valence electrons. The molecule has 0 radical (unpaired) electrons. The van der Waals surface area contributed by atoms with Crippen LogP contribution in [0.5, 0.6) is 0 Å². The van der Waals surface area contributed by atoms with Crippen molar-refractivity contribution in [2.24, 2.45) is 5.41 Å². The molecule has 1 aromatic rings. The summed E-state index contributed by atoms with van der Waals surface area (Å²) in [5, 5.41) is 8.72. The second kappa shape index (κ2) is 5.12. The van der Waals surface area contributed by atoms with Gasteiger partial charge in [0.15, 0.2) is 5.13 Å². The second-order valence-electron chi connectivity index (χ2n) is 4.24. The molecule has 1 unspecified atom stereocenters. The highest BCUT2D eigenvalue weighted by Gasteiger charge is 2.36. The van der Waals surface area contributed by atoms with Gasteiger partial charge in [0, 0.05) is 11.9 Å². The van der Waals surface area contributed by atoms with Crippen LogP contribution in [0.1, 0.15) is 19.0 Å². The number of amides is 1. The summed E-state index contributed by atoms with van der Waals surface area (Å²) in [6.07, 6.45) is 0.892. The van der Waals surface area contributed by atoms with Gasteiger partial charge in [-0.3, -0.25) is 4.79 Å². The maximum atomic E-state index is 12.0. The molecule has 1 amide bonds. The van der Waals surface area contributed by atoms with E-state index in [4.69, 9.17) is 0 Å². The number of hydrogen-bond donors (Lipinski definition) is 2. The molecular weight excluding hydrogens is 246 g/mol. The number of hydrogen-bond acceptors (Lipinski definition) is 4. The van der Waals surface area contributed by atoms with Gasteiger partial charge >= 0.3 is 0 Å². The highest BCUT2D eigenvalue weighted by atomic mass is 35.5. The molecule has 2 N–H and O–H groups in total. The van der Waals surface area contributed by atoms with Crippen molar-refractivity contribution in [3.8, 4) is 0 Å². The summed E-state index contributed by atoms with van der Waals surface area (Å²) >= 11 is 1.47. The molecule has 0 aliphatic carbocycles. The molecule has 1 aliphatic rings. The van der Waals surface area contributed by atoms with Crippen LogP contribution in [0.15, 0.2) is 5.38 Å². The first-order valence-corrected chi connectivity index (χ1v) is 5.92. The first-order valence-electron chi connectivity index (χ1n) is 5.04. The normalized spacial score (nSPS) is 23.9. The molecule has 4 nitrogen and oxygen atoms in total. The Bertz CT molecular complexity index is 374. The lowest BCUT2D eigenvalue weighted by molar-refractivity contribution is -0.123. The fourth-order valence-corrected chi connectivity index (χ4v) is 2.35. The number of carbonyl (C=O) groups is 1. The fraction of sp³-hybridized carbons (Fsp3) is 0.600. The van der Waals surface area contributed by atoms with E-state index in [2.05, 4.69) is 15.6 Å². The number of carbonyl (C=O) groups excluding carboxylic acids is 1. The van der Waals surface area contributed by atoms with Gasteiger partial charge in [-0.2, -0.15) is 0 Å². The summed E-state index contributed by atoms with van der Waals surface area (Å²) < 4.78 is 0. The summed E-state index contributed by atoms with van der Waals surface area (Å²) in [5.41, 5.74) is 0.671. The molecule has 16 heavy (non-hydrogen) atoms. The Morgan fingerprint density at radius 3 is 2.94 bits per heavy atom. The summed E-state index contributed by atoms with van der Waals surface area (Å²) in [7, 11) is 0. The van der Waals surface area contributed by atoms with E-state index in [1.165, 1.54) is 11.3 Å². The van der Waals surface area contributed by atoms with Gasteiger partial charge in [0.05, 0.1) is 11.1 Å². The molecule has 0 saturated carbocycles. The predicted molar refractivity (Wildman–Crippen MR) is 68.3 cm³/mol. The molecule has 1 fully saturated rings. The Hall–Kier alpha value is -0.650. The van der Waals surface area contributed by atoms with Gasteiger partial charge < -0.3 is 10.6 Å². The molecule has 1 saturated heterocycles.